The van der Waals surface area contributed by atoms with Crippen molar-refractivity contribution in [3.05, 3.63) is 11.4 Å². The zero-order chi connectivity index (χ0) is 13.9. The van der Waals surface area contributed by atoms with Crippen LogP contribution in [0.1, 0.15) is 13.8 Å². The molecule has 0 saturated heterocycles. The fourth-order valence-electron chi connectivity index (χ4n) is 1.41. The zero-order valence-electron chi connectivity index (χ0n) is 10.3. The molecule has 18 heavy (non-hydrogen) atoms. The van der Waals surface area contributed by atoms with Gasteiger partial charge in [-0.15, -0.1) is 11.3 Å². The molecular formula is C10H15NO5S2. The second-order valence-corrected chi connectivity index (χ2v) is 6.82. The molecule has 0 atom stereocenters. The highest BCUT2D eigenvalue weighted by atomic mass is 32.2. The molecule has 1 heterocycles. The van der Waals surface area contributed by atoms with E-state index in [1.165, 1.54) is 13.2 Å². The van der Waals surface area contributed by atoms with Gasteiger partial charge in [0.1, 0.15) is 12.3 Å². The Bertz CT molecular complexity index is 520. The Morgan fingerprint density at radius 2 is 2.17 bits per heavy atom. The molecule has 1 aromatic rings. The molecule has 1 N–H and O–H groups in total. The van der Waals surface area contributed by atoms with Gasteiger partial charge in [0, 0.05) is 6.04 Å². The molecule has 1 aromatic heterocycles. The maximum atomic E-state index is 12.3. The fraction of sp³-hybridized carbons (Fsp3) is 0.500. The van der Waals surface area contributed by atoms with E-state index < -0.39 is 28.6 Å². The zero-order valence-corrected chi connectivity index (χ0v) is 11.9. The standard InChI is InChI=1S/C10H15NO5S2/c1-7(2)11(6-9(12)13)18(14,15)10-8(16-3)4-5-17-10/h4-5,7H,6H2,1-3H3,(H,12,13). The highest BCUT2D eigenvalue weighted by molar-refractivity contribution is 7.91. The van der Waals surface area contributed by atoms with Crippen LogP contribution in [0.3, 0.4) is 0 Å². The number of nitrogens with zero attached hydrogens (tertiary/aromatic N) is 1. The first kappa shape index (κ1) is 14.9. The molecule has 0 bridgehead atoms. The molecule has 0 aliphatic carbocycles. The number of sulfonamides is 1. The minimum Gasteiger partial charge on any atom is -0.494 e. The van der Waals surface area contributed by atoms with E-state index in [1.807, 2.05) is 0 Å². The quantitative estimate of drug-likeness (QED) is 0.853. The van der Waals surface area contributed by atoms with Crippen molar-refractivity contribution in [3.63, 3.8) is 0 Å². The SMILES string of the molecule is COc1ccsc1S(=O)(=O)N(CC(=O)O)C(C)C. The lowest BCUT2D eigenvalue weighted by atomic mass is 10.4. The van der Waals surface area contributed by atoms with Crippen LogP contribution in [0.15, 0.2) is 15.7 Å². The van der Waals surface area contributed by atoms with Crippen LogP contribution in [0.4, 0.5) is 0 Å². The number of ether oxygens (including phenoxy) is 1. The fourth-order valence-corrected chi connectivity index (χ4v) is 4.39. The van der Waals surface area contributed by atoms with Crippen molar-refractivity contribution in [3.8, 4) is 5.75 Å². The smallest absolute Gasteiger partial charge is 0.318 e. The third-order valence-electron chi connectivity index (χ3n) is 2.23. The molecule has 6 nitrogen and oxygen atoms in total. The monoisotopic (exact) mass is 293 g/mol. The summed E-state index contributed by atoms with van der Waals surface area (Å²) in [6.45, 7) is 2.68. The van der Waals surface area contributed by atoms with Crippen LogP contribution in [0.2, 0.25) is 0 Å². The summed E-state index contributed by atoms with van der Waals surface area (Å²) in [5.41, 5.74) is 0. The number of thiophene rings is 1. The predicted molar refractivity (Wildman–Crippen MR) is 67.5 cm³/mol. The van der Waals surface area contributed by atoms with E-state index in [0.717, 1.165) is 15.6 Å². The van der Waals surface area contributed by atoms with Crippen LogP contribution in [-0.2, 0) is 14.8 Å². The van der Waals surface area contributed by atoms with Gasteiger partial charge in [-0.05, 0) is 25.3 Å². The van der Waals surface area contributed by atoms with Gasteiger partial charge in [-0.2, -0.15) is 4.31 Å². The van der Waals surface area contributed by atoms with Crippen LogP contribution in [0.5, 0.6) is 5.75 Å². The van der Waals surface area contributed by atoms with E-state index in [4.69, 9.17) is 9.84 Å². The van der Waals surface area contributed by atoms with E-state index >= 15 is 0 Å². The molecule has 0 radical (unpaired) electrons. The number of carboxylic acids is 1. The third-order valence-corrected chi connectivity index (χ3v) is 5.67. The first-order chi connectivity index (χ1) is 8.30. The normalized spacial score (nSPS) is 12.1. The van der Waals surface area contributed by atoms with Crippen molar-refractivity contribution in [2.45, 2.75) is 24.1 Å². The van der Waals surface area contributed by atoms with Gasteiger partial charge in [0.2, 0.25) is 0 Å². The van der Waals surface area contributed by atoms with Crippen molar-refractivity contribution in [2.24, 2.45) is 0 Å². The lowest BCUT2D eigenvalue weighted by Gasteiger charge is -2.23. The van der Waals surface area contributed by atoms with Gasteiger partial charge in [-0.3, -0.25) is 4.79 Å². The highest BCUT2D eigenvalue weighted by Crippen LogP contribution is 2.32. The summed E-state index contributed by atoms with van der Waals surface area (Å²) in [5, 5.41) is 10.4. The molecule has 0 aliphatic rings. The van der Waals surface area contributed by atoms with Crippen molar-refractivity contribution in [1.29, 1.82) is 0 Å². The van der Waals surface area contributed by atoms with Gasteiger partial charge < -0.3 is 9.84 Å². The highest BCUT2D eigenvalue weighted by Gasteiger charge is 2.32. The van der Waals surface area contributed by atoms with Gasteiger partial charge in [0.15, 0.2) is 4.21 Å². The Morgan fingerprint density at radius 3 is 2.61 bits per heavy atom. The molecule has 102 valence electrons. The van der Waals surface area contributed by atoms with Crippen molar-refractivity contribution in [1.82, 2.24) is 4.31 Å². The van der Waals surface area contributed by atoms with Crippen molar-refractivity contribution < 1.29 is 23.1 Å². The molecule has 0 spiro atoms. The van der Waals surface area contributed by atoms with Crippen molar-refractivity contribution >= 4 is 27.3 Å². The van der Waals surface area contributed by atoms with E-state index in [9.17, 15) is 13.2 Å². The van der Waals surface area contributed by atoms with Crippen LogP contribution in [0, 0.1) is 0 Å². The average molecular weight is 293 g/mol. The maximum Gasteiger partial charge on any atom is 0.318 e. The number of carbonyl (C=O) groups is 1. The molecule has 1 rings (SSSR count). The summed E-state index contributed by atoms with van der Waals surface area (Å²) >= 11 is 1.01. The number of rotatable bonds is 6. The molecular weight excluding hydrogens is 278 g/mol. The topological polar surface area (TPSA) is 83.9 Å². The Morgan fingerprint density at radius 1 is 1.56 bits per heavy atom. The molecule has 0 aliphatic heterocycles. The van der Waals surface area contributed by atoms with Gasteiger partial charge in [-0.25, -0.2) is 8.42 Å². The summed E-state index contributed by atoms with van der Waals surface area (Å²) in [7, 11) is -2.48. The van der Waals surface area contributed by atoms with E-state index in [2.05, 4.69) is 0 Å². The van der Waals surface area contributed by atoms with E-state index in [-0.39, 0.29) is 9.96 Å². The first-order valence-corrected chi connectivity index (χ1v) is 7.47. The van der Waals surface area contributed by atoms with Crippen LogP contribution in [0.25, 0.3) is 0 Å². The summed E-state index contributed by atoms with van der Waals surface area (Å²) in [5.74, 6) is -0.959. The van der Waals surface area contributed by atoms with Crippen LogP contribution >= 0.6 is 11.3 Å². The Kier molecular flexibility index (Phi) is 4.71. The first-order valence-electron chi connectivity index (χ1n) is 5.15. The Balaban J connectivity index is 3.21. The number of hydrogen-bond acceptors (Lipinski definition) is 5. The largest absolute Gasteiger partial charge is 0.494 e. The van der Waals surface area contributed by atoms with Gasteiger partial charge in [-0.1, -0.05) is 0 Å². The molecule has 0 aromatic carbocycles. The predicted octanol–water partition coefficient (Wildman–Crippen LogP) is 1.24. The lowest BCUT2D eigenvalue weighted by Crippen LogP contribution is -2.40. The summed E-state index contributed by atoms with van der Waals surface area (Å²) in [6.07, 6.45) is 0. The minimum atomic E-state index is -3.85. The second kappa shape index (κ2) is 5.68. The Labute approximate surface area is 110 Å². The van der Waals surface area contributed by atoms with Crippen LogP contribution < -0.4 is 4.74 Å². The van der Waals surface area contributed by atoms with Crippen molar-refractivity contribution in [2.75, 3.05) is 13.7 Å². The second-order valence-electron chi connectivity index (χ2n) is 3.81. The van der Waals surface area contributed by atoms with Gasteiger partial charge >= 0.3 is 5.97 Å². The third kappa shape index (κ3) is 3.01. The minimum absolute atomic E-state index is 0.0277. The Hall–Kier alpha value is -1.12. The van der Waals surface area contributed by atoms with Gasteiger partial charge in [0.05, 0.1) is 7.11 Å². The van der Waals surface area contributed by atoms with E-state index in [0.29, 0.717) is 0 Å². The van der Waals surface area contributed by atoms with E-state index in [1.54, 1.807) is 19.2 Å². The number of carboxylic acid groups (broad SMARTS) is 1. The summed E-state index contributed by atoms with van der Waals surface area (Å²) in [4.78, 5) is 10.8. The molecule has 8 heteroatoms. The average Bonchev–Trinajstić information content (AvgIpc) is 2.73. The maximum absolute atomic E-state index is 12.3. The molecule has 0 amide bonds. The summed E-state index contributed by atoms with van der Waals surface area (Å²) in [6, 6.07) is 1.09. The molecule has 0 unspecified atom stereocenters. The number of methoxy groups -OCH3 is 1. The van der Waals surface area contributed by atoms with Crippen LogP contribution in [-0.4, -0.2) is 43.5 Å². The lowest BCUT2D eigenvalue weighted by molar-refractivity contribution is -0.137. The summed E-state index contributed by atoms with van der Waals surface area (Å²) < 4.78 is 30.6. The number of hydrogen-bond donors (Lipinski definition) is 1. The molecule has 0 fully saturated rings. The number of aliphatic carboxylic acids is 1. The van der Waals surface area contributed by atoms with Gasteiger partial charge in [0.25, 0.3) is 10.0 Å². The molecule has 0 saturated carbocycles.